The van der Waals surface area contributed by atoms with Gasteiger partial charge in [-0.05, 0) is 67.4 Å². The largest absolute Gasteiger partial charge is 0.508 e. The normalized spacial score (nSPS) is 14.4. The third kappa shape index (κ3) is 4.48. The van der Waals surface area contributed by atoms with Gasteiger partial charge in [-0.15, -0.1) is 0 Å². The standard InChI is InChI=1S/C29H25FN8O/c30-20-9-18(10-21(39)11-20)22-4-5-32-28-26(22)34-29(35-28)27-23-12-24(33-15-25(23)36-37-27)19-8-17(13-31-14-19)16-38-6-2-1-3-7-38/h4-5,8-15,39H,1-3,6-7,16H2,(H,36,37)(H,32,34,35). The monoisotopic (exact) mass is 520 g/mol. The summed E-state index contributed by atoms with van der Waals surface area (Å²) in [5.74, 6) is -0.164. The van der Waals surface area contributed by atoms with E-state index in [0.29, 0.717) is 33.8 Å². The molecule has 6 aromatic rings. The molecule has 0 spiro atoms. The molecule has 0 radical (unpaired) electrons. The molecule has 9 nitrogen and oxygen atoms in total. The Morgan fingerprint density at radius 2 is 1.85 bits per heavy atom. The number of rotatable bonds is 5. The number of nitrogens with one attached hydrogen (secondary N) is 2. The van der Waals surface area contributed by atoms with Crippen molar-refractivity contribution in [3.8, 4) is 39.7 Å². The maximum atomic E-state index is 14.0. The number of aromatic hydroxyl groups is 1. The molecule has 1 aromatic carbocycles. The number of benzene rings is 1. The molecule has 6 heterocycles. The second kappa shape index (κ2) is 9.55. The number of imidazole rings is 1. The summed E-state index contributed by atoms with van der Waals surface area (Å²) in [5.41, 5.74) is 6.55. The van der Waals surface area contributed by atoms with Crippen molar-refractivity contribution in [2.24, 2.45) is 0 Å². The van der Waals surface area contributed by atoms with E-state index in [4.69, 9.17) is 4.98 Å². The number of phenols is 1. The molecule has 1 saturated heterocycles. The van der Waals surface area contributed by atoms with E-state index in [1.807, 2.05) is 18.5 Å². The van der Waals surface area contributed by atoms with Crippen LogP contribution in [0.3, 0.4) is 0 Å². The Balaban J connectivity index is 1.26. The van der Waals surface area contributed by atoms with Crippen molar-refractivity contribution in [3.63, 3.8) is 0 Å². The Bertz CT molecular complexity index is 1800. The van der Waals surface area contributed by atoms with Gasteiger partial charge in [0.1, 0.15) is 22.8 Å². The van der Waals surface area contributed by atoms with Crippen LogP contribution in [0.25, 0.3) is 56.0 Å². The van der Waals surface area contributed by atoms with Gasteiger partial charge in [-0.25, -0.2) is 14.4 Å². The predicted octanol–water partition coefficient (Wildman–Crippen LogP) is 5.46. The maximum absolute atomic E-state index is 14.0. The van der Waals surface area contributed by atoms with Gasteiger partial charge in [0.2, 0.25) is 0 Å². The molecule has 0 aliphatic carbocycles. The molecule has 1 aliphatic heterocycles. The third-order valence-corrected chi connectivity index (χ3v) is 7.20. The van der Waals surface area contributed by atoms with E-state index in [2.05, 4.69) is 41.1 Å². The number of hydrogen-bond donors (Lipinski definition) is 3. The SMILES string of the molecule is Oc1cc(F)cc(-c2ccnc3[nH]c(-c4n[nH]c5cnc(-c6cncc(CN7CCCCC7)c6)cc45)nc23)c1. The highest BCUT2D eigenvalue weighted by molar-refractivity contribution is 5.96. The van der Waals surface area contributed by atoms with E-state index in [1.54, 1.807) is 18.5 Å². The van der Waals surface area contributed by atoms with E-state index in [1.165, 1.54) is 37.0 Å². The lowest BCUT2D eigenvalue weighted by Crippen LogP contribution is -2.29. The first-order chi connectivity index (χ1) is 19.1. The molecule has 0 bridgehead atoms. The second-order valence-electron chi connectivity index (χ2n) is 9.95. The number of halogens is 1. The highest BCUT2D eigenvalue weighted by atomic mass is 19.1. The lowest BCUT2D eigenvalue weighted by molar-refractivity contribution is 0.220. The number of pyridine rings is 3. The van der Waals surface area contributed by atoms with Gasteiger partial charge >= 0.3 is 0 Å². The van der Waals surface area contributed by atoms with Gasteiger partial charge < -0.3 is 10.1 Å². The summed E-state index contributed by atoms with van der Waals surface area (Å²) in [5, 5.41) is 18.3. The van der Waals surface area contributed by atoms with Crippen LogP contribution in [-0.4, -0.2) is 58.2 Å². The minimum atomic E-state index is -0.529. The molecule has 0 unspecified atom stereocenters. The predicted molar refractivity (Wildman–Crippen MR) is 146 cm³/mol. The number of aromatic nitrogens is 7. The van der Waals surface area contributed by atoms with Gasteiger partial charge in [0.25, 0.3) is 0 Å². The zero-order valence-corrected chi connectivity index (χ0v) is 21.0. The average molecular weight is 521 g/mol. The number of phenolic OH excluding ortho intramolecular Hbond substituents is 1. The fourth-order valence-corrected chi connectivity index (χ4v) is 5.33. The van der Waals surface area contributed by atoms with Crippen LogP contribution in [0, 0.1) is 5.82 Å². The Kier molecular flexibility index (Phi) is 5.74. The molecular weight excluding hydrogens is 495 g/mol. The van der Waals surface area contributed by atoms with Crippen molar-refractivity contribution in [1.82, 2.24) is 40.0 Å². The number of hydrogen-bond acceptors (Lipinski definition) is 7. The third-order valence-electron chi connectivity index (χ3n) is 7.20. The van der Waals surface area contributed by atoms with E-state index in [0.717, 1.165) is 47.9 Å². The molecule has 3 N–H and O–H groups in total. The highest BCUT2D eigenvalue weighted by Crippen LogP contribution is 2.33. The van der Waals surface area contributed by atoms with Gasteiger partial charge in [0.15, 0.2) is 11.5 Å². The molecule has 1 fully saturated rings. The van der Waals surface area contributed by atoms with Crippen molar-refractivity contribution >= 4 is 22.1 Å². The van der Waals surface area contributed by atoms with Crippen molar-refractivity contribution in [3.05, 3.63) is 72.6 Å². The first kappa shape index (κ1) is 23.4. The second-order valence-corrected chi connectivity index (χ2v) is 9.95. The van der Waals surface area contributed by atoms with Gasteiger partial charge in [0.05, 0.1) is 17.4 Å². The summed E-state index contributed by atoms with van der Waals surface area (Å²) in [7, 11) is 0. The minimum absolute atomic E-state index is 0.154. The van der Waals surface area contributed by atoms with Crippen LogP contribution in [0.15, 0.2) is 61.2 Å². The van der Waals surface area contributed by atoms with Crippen LogP contribution >= 0.6 is 0 Å². The number of nitrogens with zero attached hydrogens (tertiary/aromatic N) is 6. The Hall–Kier alpha value is -4.70. The van der Waals surface area contributed by atoms with E-state index < -0.39 is 5.82 Å². The lowest BCUT2D eigenvalue weighted by Gasteiger charge is -2.26. The Labute approximate surface area is 222 Å². The van der Waals surface area contributed by atoms with Crippen LogP contribution < -0.4 is 0 Å². The van der Waals surface area contributed by atoms with Crippen LogP contribution in [0.5, 0.6) is 5.75 Å². The fraction of sp³-hybridized carbons (Fsp3) is 0.207. The van der Waals surface area contributed by atoms with E-state index in [-0.39, 0.29) is 5.75 Å². The molecule has 194 valence electrons. The number of H-pyrrole nitrogens is 2. The molecule has 0 amide bonds. The van der Waals surface area contributed by atoms with Gasteiger partial charge in [-0.2, -0.15) is 5.10 Å². The van der Waals surface area contributed by atoms with Crippen molar-refractivity contribution < 1.29 is 9.50 Å². The molecule has 0 atom stereocenters. The Morgan fingerprint density at radius 1 is 0.949 bits per heavy atom. The lowest BCUT2D eigenvalue weighted by atomic mass is 10.1. The molecule has 10 heteroatoms. The summed E-state index contributed by atoms with van der Waals surface area (Å²) in [6, 6.07) is 9.82. The molecule has 5 aromatic heterocycles. The molecule has 39 heavy (non-hydrogen) atoms. The van der Waals surface area contributed by atoms with Gasteiger partial charge in [-0.3, -0.25) is 20.0 Å². The van der Waals surface area contributed by atoms with E-state index in [9.17, 15) is 9.50 Å². The van der Waals surface area contributed by atoms with Crippen LogP contribution in [0.2, 0.25) is 0 Å². The maximum Gasteiger partial charge on any atom is 0.160 e. The topological polar surface area (TPSA) is 120 Å². The summed E-state index contributed by atoms with van der Waals surface area (Å²) >= 11 is 0. The summed E-state index contributed by atoms with van der Waals surface area (Å²) < 4.78 is 14.0. The summed E-state index contributed by atoms with van der Waals surface area (Å²) in [6.45, 7) is 3.14. The number of aromatic amines is 2. The van der Waals surface area contributed by atoms with Gasteiger partial charge in [-0.1, -0.05) is 6.42 Å². The summed E-state index contributed by atoms with van der Waals surface area (Å²) in [4.78, 5) is 24.1. The van der Waals surface area contributed by atoms with Crippen LogP contribution in [0.1, 0.15) is 24.8 Å². The van der Waals surface area contributed by atoms with Gasteiger partial charge in [0, 0.05) is 47.7 Å². The van der Waals surface area contributed by atoms with Crippen molar-refractivity contribution in [2.45, 2.75) is 25.8 Å². The molecule has 1 aliphatic rings. The smallest absolute Gasteiger partial charge is 0.160 e. The van der Waals surface area contributed by atoms with Crippen LogP contribution in [0.4, 0.5) is 4.39 Å². The fourth-order valence-electron chi connectivity index (χ4n) is 5.33. The molecule has 7 rings (SSSR count). The Morgan fingerprint density at radius 3 is 2.72 bits per heavy atom. The minimum Gasteiger partial charge on any atom is -0.508 e. The molecule has 0 saturated carbocycles. The first-order valence-corrected chi connectivity index (χ1v) is 13.0. The number of fused-ring (bicyclic) bond motifs is 2. The first-order valence-electron chi connectivity index (χ1n) is 13.0. The van der Waals surface area contributed by atoms with E-state index >= 15 is 0 Å². The highest BCUT2D eigenvalue weighted by Gasteiger charge is 2.18. The van der Waals surface area contributed by atoms with Crippen molar-refractivity contribution in [1.29, 1.82) is 0 Å². The molecular formula is C29H25FN8O. The number of likely N-dealkylation sites (tertiary alicyclic amines) is 1. The van der Waals surface area contributed by atoms with Crippen molar-refractivity contribution in [2.75, 3.05) is 13.1 Å². The summed E-state index contributed by atoms with van der Waals surface area (Å²) in [6.07, 6.45) is 11.0. The quantitative estimate of drug-likeness (QED) is 0.276. The average Bonchev–Trinajstić information content (AvgIpc) is 3.57. The zero-order valence-electron chi connectivity index (χ0n) is 21.0. The van der Waals surface area contributed by atoms with Crippen LogP contribution in [-0.2, 0) is 6.54 Å². The zero-order chi connectivity index (χ0) is 26.3. The number of piperidine rings is 1.